The average molecular weight is 304 g/mol. The molecule has 0 aromatic carbocycles. The summed E-state index contributed by atoms with van der Waals surface area (Å²) in [5.41, 5.74) is 1.34. The molecule has 0 aliphatic heterocycles. The molecule has 1 N–H and O–H groups in total. The van der Waals surface area contributed by atoms with Crippen LogP contribution in [-0.4, -0.2) is 24.3 Å². The summed E-state index contributed by atoms with van der Waals surface area (Å²) in [6, 6.07) is 0. The molecule has 22 heavy (non-hydrogen) atoms. The van der Waals surface area contributed by atoms with Crippen LogP contribution in [0.5, 0.6) is 0 Å². The van der Waals surface area contributed by atoms with E-state index in [1.807, 2.05) is 6.08 Å². The van der Waals surface area contributed by atoms with Crippen LogP contribution in [0.1, 0.15) is 33.6 Å². The van der Waals surface area contributed by atoms with Gasteiger partial charge in [0.05, 0.1) is 6.10 Å². The Balaban J connectivity index is 2.25. The highest BCUT2D eigenvalue weighted by Crippen LogP contribution is 2.49. The second-order valence-electron chi connectivity index (χ2n) is 7.01. The van der Waals surface area contributed by atoms with Gasteiger partial charge in [-0.15, -0.1) is 0 Å². The van der Waals surface area contributed by atoms with Gasteiger partial charge in [0, 0.05) is 19.1 Å². The van der Waals surface area contributed by atoms with Crippen molar-refractivity contribution in [3.8, 4) is 0 Å². The van der Waals surface area contributed by atoms with Gasteiger partial charge in [-0.2, -0.15) is 0 Å². The Morgan fingerprint density at radius 2 is 2.05 bits per heavy atom. The third-order valence-electron chi connectivity index (χ3n) is 5.33. The van der Waals surface area contributed by atoms with E-state index in [1.54, 1.807) is 13.2 Å². The normalized spacial score (nSPS) is 39.0. The van der Waals surface area contributed by atoms with Crippen molar-refractivity contribution in [1.82, 2.24) is 0 Å². The van der Waals surface area contributed by atoms with Gasteiger partial charge in [0.2, 0.25) is 0 Å². The lowest BCUT2D eigenvalue weighted by Crippen LogP contribution is -2.44. The lowest BCUT2D eigenvalue weighted by molar-refractivity contribution is -0.131. The molecule has 3 nitrogen and oxygen atoms in total. The third kappa shape index (κ3) is 3.70. The highest BCUT2D eigenvalue weighted by molar-refractivity contribution is 5.80. The predicted molar refractivity (Wildman–Crippen MR) is 88.5 cm³/mol. The second-order valence-corrected chi connectivity index (χ2v) is 7.01. The number of ether oxygens (including phenoxy) is 1. The topological polar surface area (TPSA) is 46.5 Å². The average Bonchev–Trinajstić information content (AvgIpc) is 2.44. The standard InChI is InChI=1S/C19H28O3/c1-12-9-14(3)19-15(7-5-6-8-18(20)21)13(2)11-17(22-4)16(19)10-12/h5-8,11-12,14-17,19H,9-10H2,1-4H3,(H,20,21)/b7-5+,8-6+/t12-,14+,15-,16+,17-,19+/m0/s1. The number of aliphatic carboxylic acids is 1. The minimum atomic E-state index is -0.905. The fraction of sp³-hybridized carbons (Fsp3) is 0.632. The van der Waals surface area contributed by atoms with Crippen LogP contribution in [0.15, 0.2) is 36.0 Å². The molecular formula is C19H28O3. The fourth-order valence-electron chi connectivity index (χ4n) is 4.55. The zero-order valence-corrected chi connectivity index (χ0v) is 14.0. The summed E-state index contributed by atoms with van der Waals surface area (Å²) in [6.45, 7) is 6.86. The highest BCUT2D eigenvalue weighted by atomic mass is 16.5. The molecule has 2 aliphatic carbocycles. The molecule has 122 valence electrons. The third-order valence-corrected chi connectivity index (χ3v) is 5.33. The summed E-state index contributed by atoms with van der Waals surface area (Å²) in [7, 11) is 1.81. The first kappa shape index (κ1) is 17.0. The molecule has 1 saturated carbocycles. The van der Waals surface area contributed by atoms with Crippen molar-refractivity contribution in [2.45, 2.75) is 39.7 Å². The molecule has 0 amide bonds. The van der Waals surface area contributed by atoms with Crippen LogP contribution in [0, 0.1) is 29.6 Å². The monoisotopic (exact) mass is 304 g/mol. The van der Waals surface area contributed by atoms with Gasteiger partial charge < -0.3 is 9.84 Å². The Morgan fingerprint density at radius 3 is 2.68 bits per heavy atom. The first-order valence-electron chi connectivity index (χ1n) is 8.23. The first-order chi connectivity index (χ1) is 10.4. The van der Waals surface area contributed by atoms with Crippen molar-refractivity contribution >= 4 is 5.97 Å². The Bertz CT molecular complexity index is 489. The summed E-state index contributed by atoms with van der Waals surface area (Å²) in [4.78, 5) is 10.6. The minimum absolute atomic E-state index is 0.217. The van der Waals surface area contributed by atoms with Gasteiger partial charge in [-0.25, -0.2) is 4.79 Å². The van der Waals surface area contributed by atoms with E-state index in [0.717, 1.165) is 5.92 Å². The van der Waals surface area contributed by atoms with Crippen LogP contribution in [0.3, 0.4) is 0 Å². The number of carboxylic acid groups (broad SMARTS) is 1. The van der Waals surface area contributed by atoms with E-state index in [4.69, 9.17) is 9.84 Å². The molecule has 6 atom stereocenters. The number of hydrogen-bond acceptors (Lipinski definition) is 2. The number of methoxy groups -OCH3 is 1. The zero-order valence-electron chi connectivity index (χ0n) is 14.0. The van der Waals surface area contributed by atoms with Crippen molar-refractivity contribution in [3.05, 3.63) is 36.0 Å². The molecular weight excluding hydrogens is 276 g/mol. The van der Waals surface area contributed by atoms with Gasteiger partial charge in [0.15, 0.2) is 0 Å². The van der Waals surface area contributed by atoms with Gasteiger partial charge in [-0.1, -0.05) is 43.7 Å². The summed E-state index contributed by atoms with van der Waals surface area (Å²) in [5.74, 6) is 2.03. The Hall–Kier alpha value is -1.35. The maximum atomic E-state index is 10.6. The van der Waals surface area contributed by atoms with Gasteiger partial charge in [-0.3, -0.25) is 0 Å². The Morgan fingerprint density at radius 1 is 1.32 bits per heavy atom. The lowest BCUT2D eigenvalue weighted by atomic mass is 9.58. The Labute approximate surface area is 133 Å². The number of rotatable bonds is 4. The van der Waals surface area contributed by atoms with E-state index in [9.17, 15) is 4.79 Å². The molecule has 0 unspecified atom stereocenters. The molecule has 0 radical (unpaired) electrons. The molecule has 0 spiro atoms. The molecule has 0 bridgehead atoms. The van der Waals surface area contributed by atoms with Crippen molar-refractivity contribution < 1.29 is 14.6 Å². The zero-order chi connectivity index (χ0) is 16.3. The van der Waals surface area contributed by atoms with E-state index in [-0.39, 0.29) is 6.10 Å². The van der Waals surface area contributed by atoms with Crippen LogP contribution in [0.25, 0.3) is 0 Å². The number of allylic oxidation sites excluding steroid dienone is 4. The largest absolute Gasteiger partial charge is 0.478 e. The first-order valence-corrected chi connectivity index (χ1v) is 8.23. The predicted octanol–water partition coefficient (Wildman–Crippen LogP) is 4.07. The number of fused-ring (bicyclic) bond motifs is 1. The number of carbonyl (C=O) groups is 1. The molecule has 0 heterocycles. The minimum Gasteiger partial charge on any atom is -0.478 e. The van der Waals surface area contributed by atoms with E-state index in [0.29, 0.717) is 23.7 Å². The fourth-order valence-corrected chi connectivity index (χ4v) is 4.55. The van der Waals surface area contributed by atoms with Crippen molar-refractivity contribution in [1.29, 1.82) is 0 Å². The van der Waals surface area contributed by atoms with Crippen molar-refractivity contribution in [2.24, 2.45) is 29.6 Å². The smallest absolute Gasteiger partial charge is 0.328 e. The maximum Gasteiger partial charge on any atom is 0.328 e. The van der Waals surface area contributed by atoms with Crippen LogP contribution in [0.4, 0.5) is 0 Å². The van der Waals surface area contributed by atoms with E-state index < -0.39 is 5.97 Å². The van der Waals surface area contributed by atoms with E-state index in [2.05, 4.69) is 32.9 Å². The molecule has 0 aromatic rings. The summed E-state index contributed by atoms with van der Waals surface area (Å²) in [6.07, 6.45) is 11.8. The summed E-state index contributed by atoms with van der Waals surface area (Å²) >= 11 is 0. The summed E-state index contributed by atoms with van der Waals surface area (Å²) in [5, 5.41) is 8.68. The quantitative estimate of drug-likeness (QED) is 0.484. The molecule has 2 rings (SSSR count). The van der Waals surface area contributed by atoms with E-state index in [1.165, 1.54) is 24.5 Å². The molecule has 3 heteroatoms. The van der Waals surface area contributed by atoms with E-state index >= 15 is 0 Å². The van der Waals surface area contributed by atoms with Gasteiger partial charge in [-0.05, 0) is 43.4 Å². The number of hydrogen-bond donors (Lipinski definition) is 1. The molecule has 0 aromatic heterocycles. The molecule has 1 fully saturated rings. The second kappa shape index (κ2) is 7.28. The highest BCUT2D eigenvalue weighted by Gasteiger charge is 2.44. The van der Waals surface area contributed by atoms with Crippen molar-refractivity contribution in [2.75, 3.05) is 7.11 Å². The molecule has 2 aliphatic rings. The SMILES string of the molecule is CO[C@H]1C=C(C)[C@H](/C=C/C=C/C(=O)O)[C@@H]2[C@@H]1C[C@@H](C)C[C@H]2C. The van der Waals surface area contributed by atoms with Gasteiger partial charge >= 0.3 is 5.97 Å². The Kier molecular flexibility index (Phi) is 5.63. The van der Waals surface area contributed by atoms with Gasteiger partial charge in [0.1, 0.15) is 0 Å². The van der Waals surface area contributed by atoms with Crippen LogP contribution in [0.2, 0.25) is 0 Å². The van der Waals surface area contributed by atoms with Gasteiger partial charge in [0.25, 0.3) is 0 Å². The van der Waals surface area contributed by atoms with Crippen LogP contribution in [-0.2, 0) is 9.53 Å². The lowest BCUT2D eigenvalue weighted by Gasteiger charge is -2.48. The van der Waals surface area contributed by atoms with Crippen molar-refractivity contribution in [3.63, 3.8) is 0 Å². The number of carboxylic acids is 1. The van der Waals surface area contributed by atoms with Crippen LogP contribution < -0.4 is 0 Å². The summed E-state index contributed by atoms with van der Waals surface area (Å²) < 4.78 is 5.74. The molecule has 0 saturated heterocycles. The maximum absolute atomic E-state index is 10.6. The van der Waals surface area contributed by atoms with Crippen LogP contribution >= 0.6 is 0 Å².